The van der Waals surface area contributed by atoms with Crippen LogP contribution in [0, 0.1) is 5.92 Å². The molecular formula is C19H20ClN5O2. The number of aromatic nitrogens is 4. The number of nitrogens with zero attached hydrogens (tertiary/aromatic N) is 3. The van der Waals surface area contributed by atoms with Gasteiger partial charge in [-0.1, -0.05) is 41.9 Å². The number of halogens is 1. The third-order valence-corrected chi connectivity index (χ3v) is 5.18. The molecule has 4 rings (SSSR count). The number of imidazole rings is 1. The van der Waals surface area contributed by atoms with Gasteiger partial charge in [0.05, 0.1) is 18.3 Å². The van der Waals surface area contributed by atoms with Crippen molar-refractivity contribution in [3.8, 4) is 11.4 Å². The van der Waals surface area contributed by atoms with Crippen LogP contribution in [-0.4, -0.2) is 36.8 Å². The Balaban J connectivity index is 1.44. The Morgan fingerprint density at radius 3 is 2.85 bits per heavy atom. The minimum Gasteiger partial charge on any atom is -0.391 e. The van der Waals surface area contributed by atoms with E-state index in [2.05, 4.69) is 24.8 Å². The maximum absolute atomic E-state index is 11.6. The summed E-state index contributed by atoms with van der Waals surface area (Å²) in [6.07, 6.45) is 5.99. The number of benzene rings is 1. The lowest BCUT2D eigenvalue weighted by atomic mass is 10.1. The van der Waals surface area contributed by atoms with Crippen molar-refractivity contribution in [3.63, 3.8) is 0 Å². The number of anilines is 1. The molecule has 7 nitrogen and oxygen atoms in total. The van der Waals surface area contributed by atoms with E-state index in [1.54, 1.807) is 6.20 Å². The Morgan fingerprint density at radius 2 is 2.07 bits per heavy atom. The highest BCUT2D eigenvalue weighted by molar-refractivity contribution is 6.30. The fourth-order valence-electron chi connectivity index (χ4n) is 3.63. The molecule has 0 amide bonds. The summed E-state index contributed by atoms with van der Waals surface area (Å²) in [6.45, 7) is 0.768. The highest BCUT2D eigenvalue weighted by Gasteiger charge is 2.33. The molecule has 3 N–H and O–H groups in total. The number of aliphatic hydroxyl groups excluding tert-OH is 1. The number of hydrogen-bond donors (Lipinski definition) is 3. The van der Waals surface area contributed by atoms with Gasteiger partial charge < -0.3 is 15.0 Å². The molecule has 140 valence electrons. The third-order valence-electron chi connectivity index (χ3n) is 4.91. The molecule has 1 aliphatic carbocycles. The van der Waals surface area contributed by atoms with Gasteiger partial charge in [0.15, 0.2) is 0 Å². The van der Waals surface area contributed by atoms with Crippen LogP contribution in [0.5, 0.6) is 0 Å². The van der Waals surface area contributed by atoms with Crippen molar-refractivity contribution in [2.24, 2.45) is 5.92 Å². The highest BCUT2D eigenvalue weighted by atomic mass is 35.5. The summed E-state index contributed by atoms with van der Waals surface area (Å²) in [6, 6.07) is 9.86. The summed E-state index contributed by atoms with van der Waals surface area (Å²) in [7, 11) is 0. The fourth-order valence-corrected chi connectivity index (χ4v) is 3.73. The van der Waals surface area contributed by atoms with Gasteiger partial charge >= 0.3 is 0 Å². The first-order valence-corrected chi connectivity index (χ1v) is 9.24. The van der Waals surface area contributed by atoms with Crippen molar-refractivity contribution in [1.82, 2.24) is 19.5 Å². The lowest BCUT2D eigenvalue weighted by molar-refractivity contribution is 0.166. The van der Waals surface area contributed by atoms with E-state index in [9.17, 15) is 9.90 Å². The van der Waals surface area contributed by atoms with Gasteiger partial charge in [0, 0.05) is 24.5 Å². The molecule has 1 unspecified atom stereocenters. The minimum absolute atomic E-state index is 0.0407. The predicted octanol–water partition coefficient (Wildman–Crippen LogP) is 2.54. The summed E-state index contributed by atoms with van der Waals surface area (Å²) >= 11 is 5.70. The van der Waals surface area contributed by atoms with Gasteiger partial charge in [0.1, 0.15) is 10.8 Å². The predicted molar refractivity (Wildman–Crippen MR) is 104 cm³/mol. The second-order valence-electron chi connectivity index (χ2n) is 6.83. The Kier molecular flexibility index (Phi) is 4.96. The molecule has 2 aromatic heterocycles. The van der Waals surface area contributed by atoms with Crippen LogP contribution >= 0.6 is 11.6 Å². The molecule has 1 aliphatic rings. The minimum atomic E-state index is -0.514. The van der Waals surface area contributed by atoms with Crippen LogP contribution < -0.4 is 10.9 Å². The van der Waals surface area contributed by atoms with Crippen LogP contribution in [0.1, 0.15) is 12.8 Å². The topological polar surface area (TPSA) is 95.8 Å². The lowest BCUT2D eigenvalue weighted by Crippen LogP contribution is -2.29. The van der Waals surface area contributed by atoms with Crippen LogP contribution in [0.2, 0.25) is 5.02 Å². The van der Waals surface area contributed by atoms with Gasteiger partial charge in [0.2, 0.25) is 5.95 Å². The summed E-state index contributed by atoms with van der Waals surface area (Å²) in [4.78, 5) is 22.7. The van der Waals surface area contributed by atoms with Crippen molar-refractivity contribution in [3.05, 3.63) is 64.3 Å². The van der Waals surface area contributed by atoms with Gasteiger partial charge in [-0.3, -0.25) is 9.78 Å². The van der Waals surface area contributed by atoms with Gasteiger partial charge in [-0.2, -0.15) is 0 Å². The molecular weight excluding hydrogens is 366 g/mol. The largest absolute Gasteiger partial charge is 0.391 e. The van der Waals surface area contributed by atoms with E-state index in [1.807, 2.05) is 36.5 Å². The van der Waals surface area contributed by atoms with E-state index >= 15 is 0 Å². The molecule has 0 saturated heterocycles. The van der Waals surface area contributed by atoms with Crippen molar-refractivity contribution < 1.29 is 5.11 Å². The van der Waals surface area contributed by atoms with Crippen LogP contribution in [-0.2, 0) is 6.54 Å². The van der Waals surface area contributed by atoms with Gasteiger partial charge in [0.25, 0.3) is 5.56 Å². The molecule has 3 atom stereocenters. The fraction of sp³-hybridized carbons (Fsp3) is 0.316. The van der Waals surface area contributed by atoms with Crippen LogP contribution in [0.25, 0.3) is 11.4 Å². The van der Waals surface area contributed by atoms with Crippen molar-refractivity contribution >= 4 is 17.5 Å². The number of aromatic amines is 1. The Hall–Kier alpha value is -2.64. The normalized spacial score (nSPS) is 22.1. The molecule has 27 heavy (non-hydrogen) atoms. The van der Waals surface area contributed by atoms with Crippen molar-refractivity contribution in [1.29, 1.82) is 0 Å². The summed E-state index contributed by atoms with van der Waals surface area (Å²) in [5.41, 5.74) is 0.669. The summed E-state index contributed by atoms with van der Waals surface area (Å²) in [5.74, 6) is 1.53. The van der Waals surface area contributed by atoms with E-state index in [4.69, 9.17) is 11.6 Å². The highest BCUT2D eigenvalue weighted by Crippen LogP contribution is 2.30. The molecule has 2 heterocycles. The standard InChI is InChI=1S/C19H20ClN5O2/c20-14-10-22-19(24-18(14)27)23-15-8-12(9-16(15)26)11-25-7-6-21-17(25)13-4-2-1-3-5-13/h1-7,10,12,15-16,26H,8-9,11H2,(H2,22,23,24,27)/t12?,15-,16-/m1/s1. The summed E-state index contributed by atoms with van der Waals surface area (Å²) < 4.78 is 2.12. The van der Waals surface area contributed by atoms with Gasteiger partial charge in [-0.15, -0.1) is 0 Å². The second-order valence-corrected chi connectivity index (χ2v) is 7.24. The van der Waals surface area contributed by atoms with Crippen LogP contribution in [0.4, 0.5) is 5.95 Å². The second kappa shape index (κ2) is 7.54. The first-order chi connectivity index (χ1) is 13.1. The van der Waals surface area contributed by atoms with E-state index < -0.39 is 11.7 Å². The lowest BCUT2D eigenvalue weighted by Gasteiger charge is -2.16. The summed E-state index contributed by atoms with van der Waals surface area (Å²) in [5, 5.41) is 13.6. The molecule has 3 aromatic rings. The Labute approximate surface area is 161 Å². The number of H-pyrrole nitrogens is 1. The zero-order valence-corrected chi connectivity index (χ0v) is 15.3. The van der Waals surface area contributed by atoms with E-state index in [1.165, 1.54) is 6.20 Å². The monoisotopic (exact) mass is 385 g/mol. The smallest absolute Gasteiger partial charge is 0.271 e. The maximum Gasteiger partial charge on any atom is 0.271 e. The number of nitrogens with one attached hydrogen (secondary N) is 2. The quantitative estimate of drug-likeness (QED) is 0.627. The van der Waals surface area contributed by atoms with Crippen molar-refractivity contribution in [2.75, 3.05) is 5.32 Å². The van der Waals surface area contributed by atoms with E-state index in [0.29, 0.717) is 12.4 Å². The molecule has 1 fully saturated rings. The average molecular weight is 386 g/mol. The maximum atomic E-state index is 11.6. The molecule has 8 heteroatoms. The molecule has 0 radical (unpaired) electrons. The first-order valence-electron chi connectivity index (χ1n) is 8.86. The zero-order chi connectivity index (χ0) is 18.8. The van der Waals surface area contributed by atoms with Crippen LogP contribution in [0.3, 0.4) is 0 Å². The van der Waals surface area contributed by atoms with Crippen molar-refractivity contribution in [2.45, 2.75) is 31.5 Å². The van der Waals surface area contributed by atoms with Gasteiger partial charge in [-0.05, 0) is 18.8 Å². The molecule has 0 aliphatic heterocycles. The Morgan fingerprint density at radius 1 is 1.26 bits per heavy atom. The third kappa shape index (κ3) is 3.89. The molecule has 0 spiro atoms. The van der Waals surface area contributed by atoms with E-state index in [-0.39, 0.29) is 17.0 Å². The van der Waals surface area contributed by atoms with Gasteiger partial charge in [-0.25, -0.2) is 9.97 Å². The number of rotatable bonds is 5. The van der Waals surface area contributed by atoms with Crippen LogP contribution in [0.15, 0.2) is 53.7 Å². The first kappa shape index (κ1) is 17.8. The number of hydrogen-bond acceptors (Lipinski definition) is 5. The molecule has 1 aromatic carbocycles. The molecule has 1 saturated carbocycles. The molecule has 0 bridgehead atoms. The SMILES string of the molecule is O=c1[nH]c(N[C@@H]2CC(Cn3ccnc3-c3ccccc3)C[C@H]2O)ncc1Cl. The average Bonchev–Trinajstić information content (AvgIpc) is 3.26. The van der Waals surface area contributed by atoms with E-state index in [0.717, 1.165) is 24.4 Å². The number of aliphatic hydroxyl groups is 1. The Bertz CT molecular complexity index is 971. The zero-order valence-electron chi connectivity index (χ0n) is 14.5.